The molecule has 0 unspecified atom stereocenters. The van der Waals surface area contributed by atoms with Gasteiger partial charge in [0.1, 0.15) is 6.04 Å². The highest BCUT2D eigenvalue weighted by Crippen LogP contribution is 2.34. The molecular weight excluding hydrogens is 438 g/mol. The molecule has 33 heavy (non-hydrogen) atoms. The Morgan fingerprint density at radius 3 is 2.30 bits per heavy atom. The van der Waals surface area contributed by atoms with Crippen molar-refractivity contribution < 1.29 is 19.2 Å². The van der Waals surface area contributed by atoms with Gasteiger partial charge in [-0.1, -0.05) is 42.5 Å². The number of carbonyl (C=O) groups excluding carboxylic acids is 4. The lowest BCUT2D eigenvalue weighted by Gasteiger charge is -2.26. The van der Waals surface area contributed by atoms with Gasteiger partial charge in [0.15, 0.2) is 0 Å². The van der Waals surface area contributed by atoms with E-state index in [-0.39, 0.29) is 12.3 Å². The van der Waals surface area contributed by atoms with Crippen molar-refractivity contribution in [3.8, 4) is 0 Å². The van der Waals surface area contributed by atoms with Crippen molar-refractivity contribution in [1.29, 1.82) is 0 Å². The van der Waals surface area contributed by atoms with Crippen LogP contribution in [0.25, 0.3) is 0 Å². The van der Waals surface area contributed by atoms with Crippen LogP contribution in [0.1, 0.15) is 26.3 Å². The second-order valence-electron chi connectivity index (χ2n) is 7.77. The third-order valence-corrected chi connectivity index (χ3v) is 6.67. The number of rotatable bonds is 5. The topological polar surface area (TPSA) is 95.6 Å². The Bertz CT molecular complexity index is 1260. The van der Waals surface area contributed by atoms with E-state index in [1.54, 1.807) is 36.4 Å². The molecule has 0 bridgehead atoms. The zero-order valence-corrected chi connectivity index (χ0v) is 18.2. The first-order valence-corrected chi connectivity index (χ1v) is 11.4. The minimum atomic E-state index is -1.04. The van der Waals surface area contributed by atoms with Gasteiger partial charge < -0.3 is 10.6 Å². The van der Waals surface area contributed by atoms with Crippen LogP contribution in [0.5, 0.6) is 0 Å². The van der Waals surface area contributed by atoms with Crippen LogP contribution in [0, 0.1) is 0 Å². The first-order valence-electron chi connectivity index (χ1n) is 10.4. The molecule has 4 amide bonds. The van der Waals surface area contributed by atoms with Gasteiger partial charge in [-0.25, -0.2) is 0 Å². The molecule has 0 fully saturated rings. The number of hydrogen-bond donors (Lipinski definition) is 2. The van der Waals surface area contributed by atoms with Gasteiger partial charge in [-0.05, 0) is 35.9 Å². The molecule has 2 N–H and O–H groups in total. The van der Waals surface area contributed by atoms with Gasteiger partial charge in [-0.3, -0.25) is 24.1 Å². The molecule has 0 saturated heterocycles. The van der Waals surface area contributed by atoms with E-state index in [1.165, 1.54) is 11.8 Å². The summed E-state index contributed by atoms with van der Waals surface area (Å²) >= 11 is 1.42. The van der Waals surface area contributed by atoms with Crippen LogP contribution in [0.3, 0.4) is 0 Å². The smallest absolute Gasteiger partial charge is 0.262 e. The minimum absolute atomic E-state index is 0.107. The van der Waals surface area contributed by atoms with Gasteiger partial charge in [-0.15, -0.1) is 11.8 Å². The Morgan fingerprint density at radius 2 is 1.61 bits per heavy atom. The molecule has 1 atom stereocenters. The molecular formula is C25H19N3O4S. The average molecular weight is 458 g/mol. The highest BCUT2D eigenvalue weighted by Gasteiger charge is 2.42. The van der Waals surface area contributed by atoms with E-state index < -0.39 is 23.8 Å². The van der Waals surface area contributed by atoms with Gasteiger partial charge in [0.25, 0.3) is 11.8 Å². The second-order valence-corrected chi connectivity index (χ2v) is 8.79. The van der Waals surface area contributed by atoms with Gasteiger partial charge in [0.05, 0.1) is 22.6 Å². The van der Waals surface area contributed by atoms with Crippen LogP contribution < -0.4 is 10.6 Å². The number of thioether (sulfide) groups is 1. The third kappa shape index (κ3) is 4.01. The van der Waals surface area contributed by atoms with Gasteiger partial charge >= 0.3 is 0 Å². The van der Waals surface area contributed by atoms with E-state index in [9.17, 15) is 19.2 Å². The zero-order chi connectivity index (χ0) is 22.9. The summed E-state index contributed by atoms with van der Waals surface area (Å²) in [7, 11) is 0. The lowest BCUT2D eigenvalue weighted by molar-refractivity contribution is -0.120. The summed E-state index contributed by atoms with van der Waals surface area (Å²) < 4.78 is 0. The Morgan fingerprint density at radius 1 is 0.939 bits per heavy atom. The minimum Gasteiger partial charge on any atom is -0.324 e. The summed E-state index contributed by atoms with van der Waals surface area (Å²) in [6, 6.07) is 20.0. The highest BCUT2D eigenvalue weighted by atomic mass is 32.2. The van der Waals surface area contributed by atoms with Gasteiger partial charge in [-0.2, -0.15) is 0 Å². The summed E-state index contributed by atoms with van der Waals surface area (Å²) in [5.41, 5.74) is 2.50. The number of hydrogen-bond acceptors (Lipinski definition) is 5. The fourth-order valence-corrected chi connectivity index (χ4v) is 4.80. The fraction of sp³-hybridized carbons (Fsp3) is 0.120. The normalized spacial score (nSPS) is 15.5. The standard InChI is InChI=1S/C25H19N3O4S/c29-22-14-33-21-11-10-16(13-19(21)27-22)26-23(30)20(12-15-6-2-1-3-7-15)28-24(31)17-8-4-5-9-18(17)25(28)32/h1-11,13,20H,12,14H2,(H,26,30)(H,27,29)/t20-/m0/s1. The number of benzene rings is 3. The molecule has 2 heterocycles. The van der Waals surface area contributed by atoms with E-state index in [0.29, 0.717) is 28.3 Å². The SMILES string of the molecule is O=C1CSc2ccc(NC(=O)[C@H](Cc3ccccc3)N3C(=O)c4ccccc4C3=O)cc2N1. The van der Waals surface area contributed by atoms with Crippen LogP contribution in [-0.4, -0.2) is 40.3 Å². The van der Waals surface area contributed by atoms with Crippen molar-refractivity contribution in [2.45, 2.75) is 17.4 Å². The van der Waals surface area contributed by atoms with Crippen LogP contribution in [0.4, 0.5) is 11.4 Å². The van der Waals surface area contributed by atoms with E-state index in [1.807, 2.05) is 36.4 Å². The quantitative estimate of drug-likeness (QED) is 0.571. The summed E-state index contributed by atoms with van der Waals surface area (Å²) in [5.74, 6) is -1.22. The van der Waals surface area contributed by atoms with Crippen LogP contribution in [0.15, 0.2) is 77.7 Å². The maximum absolute atomic E-state index is 13.4. The number of nitrogens with zero attached hydrogens (tertiary/aromatic N) is 1. The fourth-order valence-electron chi connectivity index (χ4n) is 4.02. The first-order chi connectivity index (χ1) is 16.0. The number of imide groups is 1. The summed E-state index contributed by atoms with van der Waals surface area (Å²) in [5, 5.41) is 5.62. The average Bonchev–Trinajstić information content (AvgIpc) is 3.08. The molecule has 0 aliphatic carbocycles. The lowest BCUT2D eigenvalue weighted by Crippen LogP contribution is -2.48. The number of fused-ring (bicyclic) bond motifs is 2. The van der Waals surface area contributed by atoms with Crippen molar-refractivity contribution in [1.82, 2.24) is 4.90 Å². The van der Waals surface area contributed by atoms with Gasteiger partial charge in [0, 0.05) is 17.0 Å². The van der Waals surface area contributed by atoms with E-state index in [2.05, 4.69) is 10.6 Å². The number of carbonyl (C=O) groups is 4. The predicted octanol–water partition coefficient (Wildman–Crippen LogP) is 3.58. The summed E-state index contributed by atoms with van der Waals surface area (Å²) in [4.78, 5) is 53.3. The van der Waals surface area contributed by atoms with Crippen molar-refractivity contribution >= 4 is 46.8 Å². The molecule has 0 spiro atoms. The molecule has 7 nitrogen and oxygen atoms in total. The Hall–Kier alpha value is -3.91. The largest absolute Gasteiger partial charge is 0.324 e. The van der Waals surface area contributed by atoms with Crippen LogP contribution in [-0.2, 0) is 16.0 Å². The monoisotopic (exact) mass is 457 g/mol. The van der Waals surface area contributed by atoms with Crippen LogP contribution in [0.2, 0.25) is 0 Å². The van der Waals surface area contributed by atoms with Crippen LogP contribution >= 0.6 is 11.8 Å². The van der Waals surface area contributed by atoms with Crippen molar-refractivity contribution in [2.75, 3.05) is 16.4 Å². The number of nitrogens with one attached hydrogen (secondary N) is 2. The molecule has 3 aromatic carbocycles. The molecule has 2 aliphatic heterocycles. The summed E-state index contributed by atoms with van der Waals surface area (Å²) in [6.45, 7) is 0. The van der Waals surface area contributed by atoms with Crippen molar-refractivity contribution in [3.63, 3.8) is 0 Å². The molecule has 0 radical (unpaired) electrons. The molecule has 3 aromatic rings. The first kappa shape index (κ1) is 21.0. The molecule has 164 valence electrons. The molecule has 0 aromatic heterocycles. The van der Waals surface area contributed by atoms with Crippen molar-refractivity contribution in [3.05, 3.63) is 89.5 Å². The Balaban J connectivity index is 1.46. The molecule has 5 rings (SSSR count). The van der Waals surface area contributed by atoms with E-state index >= 15 is 0 Å². The van der Waals surface area contributed by atoms with Gasteiger partial charge in [0.2, 0.25) is 11.8 Å². The second kappa shape index (κ2) is 8.55. The van der Waals surface area contributed by atoms with Crippen molar-refractivity contribution in [2.24, 2.45) is 0 Å². The van der Waals surface area contributed by atoms with E-state index in [0.717, 1.165) is 15.4 Å². The highest BCUT2D eigenvalue weighted by molar-refractivity contribution is 8.00. The summed E-state index contributed by atoms with van der Waals surface area (Å²) in [6.07, 6.45) is 0.176. The van der Waals surface area contributed by atoms with E-state index in [4.69, 9.17) is 0 Å². The molecule has 8 heteroatoms. The third-order valence-electron chi connectivity index (χ3n) is 5.59. The maximum atomic E-state index is 13.4. The number of amides is 4. The predicted molar refractivity (Wildman–Crippen MR) is 125 cm³/mol. The molecule has 0 saturated carbocycles. The Kier molecular flexibility index (Phi) is 5.43. The number of anilines is 2. The molecule has 2 aliphatic rings. The maximum Gasteiger partial charge on any atom is 0.262 e. The zero-order valence-electron chi connectivity index (χ0n) is 17.4. The Labute approximate surface area is 194 Å². The lowest BCUT2D eigenvalue weighted by atomic mass is 10.0.